The maximum atomic E-state index is 12.4. The van der Waals surface area contributed by atoms with E-state index < -0.39 is 0 Å². The fraction of sp³-hybridized carbons (Fsp3) is 0.550. The van der Waals surface area contributed by atoms with Gasteiger partial charge >= 0.3 is 0 Å². The van der Waals surface area contributed by atoms with E-state index in [2.05, 4.69) is 37.7 Å². The molecule has 6 heteroatoms. The first-order chi connectivity index (χ1) is 12.8. The standard InChI is InChI=1S/C20H27N3O2S/c24-20-14-18(22-7-9-25-10-8-22)13-19(21-20)23-6-3-1-2-4-17(23)12-16-5-11-26-15-16/h5,11,13-15,17H,1-4,6-10,12H2,(H,21,24)/t17-/m1/s1. The molecule has 2 saturated heterocycles. The highest BCUT2D eigenvalue weighted by Crippen LogP contribution is 2.27. The van der Waals surface area contributed by atoms with Gasteiger partial charge in [0.25, 0.3) is 5.56 Å². The summed E-state index contributed by atoms with van der Waals surface area (Å²) < 4.78 is 5.45. The van der Waals surface area contributed by atoms with Crippen molar-refractivity contribution in [1.82, 2.24) is 4.98 Å². The number of morpholine rings is 1. The van der Waals surface area contributed by atoms with E-state index in [4.69, 9.17) is 4.74 Å². The van der Waals surface area contributed by atoms with E-state index in [0.717, 1.165) is 50.8 Å². The second-order valence-electron chi connectivity index (χ2n) is 7.22. The maximum absolute atomic E-state index is 12.4. The molecule has 0 unspecified atom stereocenters. The molecule has 1 N–H and O–H groups in total. The number of H-pyrrole nitrogens is 1. The smallest absolute Gasteiger partial charge is 0.251 e. The van der Waals surface area contributed by atoms with Gasteiger partial charge in [0.2, 0.25) is 0 Å². The Morgan fingerprint density at radius 3 is 2.85 bits per heavy atom. The van der Waals surface area contributed by atoms with Gasteiger partial charge in [-0.2, -0.15) is 11.3 Å². The van der Waals surface area contributed by atoms with E-state index in [1.165, 1.54) is 31.2 Å². The van der Waals surface area contributed by atoms with Gasteiger partial charge in [-0.25, -0.2) is 0 Å². The molecule has 2 aliphatic rings. The summed E-state index contributed by atoms with van der Waals surface area (Å²) in [5.74, 6) is 0.973. The normalized spacial score (nSPS) is 21.6. The SMILES string of the molecule is O=c1cc(N2CCOCC2)cc(N2CCCCC[C@@H]2Cc2ccsc2)[nH]1. The van der Waals surface area contributed by atoms with Crippen LogP contribution in [0.5, 0.6) is 0 Å². The Labute approximate surface area is 158 Å². The van der Waals surface area contributed by atoms with Crippen LogP contribution in [0.3, 0.4) is 0 Å². The molecule has 5 nitrogen and oxygen atoms in total. The topological polar surface area (TPSA) is 48.6 Å². The van der Waals surface area contributed by atoms with Gasteiger partial charge in [-0.05, 0) is 41.7 Å². The number of aromatic nitrogens is 1. The number of rotatable bonds is 4. The molecule has 0 spiro atoms. The van der Waals surface area contributed by atoms with E-state index in [9.17, 15) is 4.79 Å². The molecule has 0 bridgehead atoms. The van der Waals surface area contributed by atoms with Crippen molar-refractivity contribution < 1.29 is 4.74 Å². The highest BCUT2D eigenvalue weighted by Gasteiger charge is 2.24. The van der Waals surface area contributed by atoms with E-state index in [1.54, 1.807) is 17.4 Å². The molecule has 0 radical (unpaired) electrons. The van der Waals surface area contributed by atoms with Crippen LogP contribution in [0.4, 0.5) is 11.5 Å². The van der Waals surface area contributed by atoms with Crippen LogP contribution in [-0.2, 0) is 11.2 Å². The number of hydrogen-bond acceptors (Lipinski definition) is 5. The predicted octanol–water partition coefficient (Wildman–Crippen LogP) is 3.26. The van der Waals surface area contributed by atoms with Gasteiger partial charge in [-0.15, -0.1) is 0 Å². The van der Waals surface area contributed by atoms with E-state index in [0.29, 0.717) is 6.04 Å². The van der Waals surface area contributed by atoms with Crippen molar-refractivity contribution in [1.29, 1.82) is 0 Å². The van der Waals surface area contributed by atoms with Gasteiger partial charge < -0.3 is 19.5 Å². The summed E-state index contributed by atoms with van der Waals surface area (Å²) in [5, 5.41) is 4.40. The van der Waals surface area contributed by atoms with Crippen molar-refractivity contribution in [3.8, 4) is 0 Å². The lowest BCUT2D eigenvalue weighted by Crippen LogP contribution is -2.39. The fourth-order valence-electron chi connectivity index (χ4n) is 4.06. The first-order valence-electron chi connectivity index (χ1n) is 9.64. The number of nitrogens with zero attached hydrogens (tertiary/aromatic N) is 2. The molecule has 1 atom stereocenters. The monoisotopic (exact) mass is 373 g/mol. The molecule has 2 fully saturated rings. The minimum atomic E-state index is -0.0116. The molecule has 0 aromatic carbocycles. The molecule has 0 aliphatic carbocycles. The Kier molecular flexibility index (Phi) is 5.60. The quantitative estimate of drug-likeness (QED) is 0.894. The zero-order valence-electron chi connectivity index (χ0n) is 15.2. The average Bonchev–Trinajstić information content (AvgIpc) is 3.06. The first-order valence-corrected chi connectivity index (χ1v) is 10.6. The Morgan fingerprint density at radius 2 is 2.04 bits per heavy atom. The van der Waals surface area contributed by atoms with E-state index in [1.807, 2.05) is 0 Å². The number of pyridine rings is 1. The van der Waals surface area contributed by atoms with Crippen LogP contribution in [0.15, 0.2) is 33.8 Å². The second-order valence-corrected chi connectivity index (χ2v) is 8.00. The van der Waals surface area contributed by atoms with E-state index >= 15 is 0 Å². The van der Waals surface area contributed by atoms with Crippen LogP contribution in [0.25, 0.3) is 0 Å². The minimum absolute atomic E-state index is 0.0116. The number of nitrogens with one attached hydrogen (secondary N) is 1. The highest BCUT2D eigenvalue weighted by atomic mass is 32.1. The van der Waals surface area contributed by atoms with Crippen LogP contribution >= 0.6 is 11.3 Å². The van der Waals surface area contributed by atoms with Gasteiger partial charge in [-0.3, -0.25) is 4.79 Å². The Bertz CT molecular complexity index is 753. The summed E-state index contributed by atoms with van der Waals surface area (Å²) in [4.78, 5) is 20.2. The summed E-state index contributed by atoms with van der Waals surface area (Å²) >= 11 is 1.76. The molecule has 26 heavy (non-hydrogen) atoms. The van der Waals surface area contributed by atoms with Crippen LogP contribution in [0.2, 0.25) is 0 Å². The number of ether oxygens (including phenoxy) is 1. The predicted molar refractivity (Wildman–Crippen MR) is 108 cm³/mol. The number of aromatic amines is 1. The number of thiophene rings is 1. The lowest BCUT2D eigenvalue weighted by Gasteiger charge is -2.33. The summed E-state index contributed by atoms with van der Waals surface area (Å²) in [6.07, 6.45) is 5.94. The molecule has 2 aliphatic heterocycles. The molecule has 4 heterocycles. The minimum Gasteiger partial charge on any atom is -0.378 e. The van der Waals surface area contributed by atoms with Crippen LogP contribution in [0.1, 0.15) is 31.2 Å². The Balaban J connectivity index is 1.62. The fourth-order valence-corrected chi connectivity index (χ4v) is 4.74. The average molecular weight is 374 g/mol. The molecule has 2 aromatic rings. The van der Waals surface area contributed by atoms with Crippen LogP contribution < -0.4 is 15.4 Å². The Hall–Kier alpha value is -1.79. The van der Waals surface area contributed by atoms with Gasteiger partial charge in [0.1, 0.15) is 5.82 Å². The zero-order chi connectivity index (χ0) is 17.8. The molecule has 0 saturated carbocycles. The van der Waals surface area contributed by atoms with Crippen molar-refractivity contribution in [3.63, 3.8) is 0 Å². The summed E-state index contributed by atoms with van der Waals surface area (Å²) in [7, 11) is 0. The molecule has 4 rings (SSSR count). The molecular weight excluding hydrogens is 346 g/mol. The van der Waals surface area contributed by atoms with Gasteiger partial charge in [0, 0.05) is 43.5 Å². The number of hydrogen-bond donors (Lipinski definition) is 1. The molecule has 0 amide bonds. The first kappa shape index (κ1) is 17.6. The Morgan fingerprint density at radius 1 is 1.15 bits per heavy atom. The van der Waals surface area contributed by atoms with Crippen molar-refractivity contribution in [3.05, 3.63) is 44.9 Å². The van der Waals surface area contributed by atoms with Crippen LogP contribution in [-0.4, -0.2) is 43.9 Å². The van der Waals surface area contributed by atoms with Crippen molar-refractivity contribution in [2.45, 2.75) is 38.1 Å². The largest absolute Gasteiger partial charge is 0.378 e. The summed E-state index contributed by atoms with van der Waals surface area (Å²) in [6.45, 7) is 4.17. The molecular formula is C20H27N3O2S. The van der Waals surface area contributed by atoms with Gasteiger partial charge in [-0.1, -0.05) is 12.8 Å². The van der Waals surface area contributed by atoms with Gasteiger partial charge in [0.15, 0.2) is 0 Å². The third kappa shape index (κ3) is 4.13. The van der Waals surface area contributed by atoms with Crippen molar-refractivity contribution in [2.24, 2.45) is 0 Å². The second kappa shape index (κ2) is 8.27. The van der Waals surface area contributed by atoms with Crippen LogP contribution in [0, 0.1) is 0 Å². The lowest BCUT2D eigenvalue weighted by atomic mass is 10.0. The zero-order valence-corrected chi connectivity index (χ0v) is 16.0. The number of anilines is 2. The lowest BCUT2D eigenvalue weighted by molar-refractivity contribution is 0.122. The molecule has 2 aromatic heterocycles. The molecule has 140 valence electrons. The van der Waals surface area contributed by atoms with Gasteiger partial charge in [0.05, 0.1) is 13.2 Å². The van der Waals surface area contributed by atoms with Crippen molar-refractivity contribution in [2.75, 3.05) is 42.6 Å². The highest BCUT2D eigenvalue weighted by molar-refractivity contribution is 7.07. The third-order valence-electron chi connectivity index (χ3n) is 5.43. The maximum Gasteiger partial charge on any atom is 0.251 e. The van der Waals surface area contributed by atoms with Crippen molar-refractivity contribution >= 4 is 22.8 Å². The third-order valence-corrected chi connectivity index (χ3v) is 6.16. The van der Waals surface area contributed by atoms with E-state index in [-0.39, 0.29) is 5.56 Å². The summed E-state index contributed by atoms with van der Waals surface area (Å²) in [5.41, 5.74) is 2.41. The summed E-state index contributed by atoms with van der Waals surface area (Å²) in [6, 6.07) is 6.56.